The zero-order valence-electron chi connectivity index (χ0n) is 29.8. The van der Waals surface area contributed by atoms with E-state index in [1.807, 2.05) is 54.6 Å². The molecule has 0 aliphatic heterocycles. The summed E-state index contributed by atoms with van der Waals surface area (Å²) in [6, 6.07) is 68.9. The molecule has 0 spiro atoms. The van der Waals surface area contributed by atoms with Crippen molar-refractivity contribution in [2.24, 2.45) is 0 Å². The molecule has 10 rings (SSSR count). The van der Waals surface area contributed by atoms with Crippen molar-refractivity contribution < 1.29 is 4.42 Å². The lowest BCUT2D eigenvalue weighted by molar-refractivity contribution is 0.632. The molecule has 3 aromatic heterocycles. The molecule has 3 heterocycles. The first kappa shape index (κ1) is 32.2. The van der Waals surface area contributed by atoms with Crippen molar-refractivity contribution in [3.63, 3.8) is 0 Å². The summed E-state index contributed by atoms with van der Waals surface area (Å²) in [5, 5.41) is 2.14. The number of nitrogens with zero attached hydrogens (tertiary/aromatic N) is 3. The number of fused-ring (bicyclic) bond motifs is 3. The van der Waals surface area contributed by atoms with Crippen LogP contribution in [0.25, 0.3) is 101 Å². The summed E-state index contributed by atoms with van der Waals surface area (Å²) in [5.74, 6) is 1.55. The van der Waals surface area contributed by atoms with Gasteiger partial charge in [0.1, 0.15) is 11.5 Å². The summed E-state index contributed by atoms with van der Waals surface area (Å²) in [5.41, 5.74) is 13.8. The van der Waals surface area contributed by atoms with E-state index >= 15 is 0 Å². The maximum Gasteiger partial charge on any atom is 0.162 e. The quantitative estimate of drug-likeness (QED) is 0.166. The minimum absolute atomic E-state index is 0.705. The van der Waals surface area contributed by atoms with Crippen molar-refractivity contribution in [3.8, 4) is 78.7 Å². The van der Waals surface area contributed by atoms with E-state index in [0.717, 1.165) is 94.8 Å². The van der Waals surface area contributed by atoms with Crippen molar-refractivity contribution in [1.29, 1.82) is 0 Å². The number of para-hydroxylation sites is 1. The highest BCUT2D eigenvalue weighted by Crippen LogP contribution is 2.46. The zero-order chi connectivity index (χ0) is 36.6. The number of pyridine rings is 1. The molecule has 0 amide bonds. The average molecular weight is 704 g/mol. The van der Waals surface area contributed by atoms with Crippen LogP contribution >= 0.6 is 0 Å². The van der Waals surface area contributed by atoms with Crippen LogP contribution < -0.4 is 0 Å². The zero-order valence-corrected chi connectivity index (χ0v) is 29.8. The van der Waals surface area contributed by atoms with Gasteiger partial charge in [-0.25, -0.2) is 15.0 Å². The normalized spacial score (nSPS) is 11.3. The molecule has 7 aromatic carbocycles. The molecule has 4 heteroatoms. The van der Waals surface area contributed by atoms with Gasteiger partial charge in [0.2, 0.25) is 0 Å². The Hall–Kier alpha value is -7.43. The van der Waals surface area contributed by atoms with Gasteiger partial charge in [-0.05, 0) is 28.8 Å². The van der Waals surface area contributed by atoms with Gasteiger partial charge in [-0.3, -0.25) is 0 Å². The smallest absolute Gasteiger partial charge is 0.162 e. The lowest BCUT2D eigenvalue weighted by Gasteiger charge is -2.10. The molecular formula is C51H33N3O. The van der Waals surface area contributed by atoms with Gasteiger partial charge in [-0.15, -0.1) is 0 Å². The standard InChI is InChI=1S/C51H33N3O/c1-5-15-36(16-6-1)44-33-45(54-51(53-44)41-21-11-4-12-22-41)37-29-25-34(26-30-37)35-27-31-39(32-28-35)48-50-47(42-23-13-14-24-43(42)52-48)46(38-17-7-2-8-18-38)49(55-50)40-19-9-3-10-20-40/h1-33H. The first-order valence-corrected chi connectivity index (χ1v) is 18.4. The van der Waals surface area contributed by atoms with E-state index in [2.05, 4.69) is 146 Å². The van der Waals surface area contributed by atoms with Crippen LogP contribution in [0.1, 0.15) is 0 Å². The lowest BCUT2D eigenvalue weighted by Crippen LogP contribution is -1.95. The van der Waals surface area contributed by atoms with E-state index in [1.165, 1.54) is 0 Å². The second kappa shape index (κ2) is 13.8. The molecule has 0 bridgehead atoms. The summed E-state index contributed by atoms with van der Waals surface area (Å²) >= 11 is 0. The van der Waals surface area contributed by atoms with E-state index < -0.39 is 0 Å². The molecule has 0 unspecified atom stereocenters. The molecule has 4 nitrogen and oxygen atoms in total. The lowest BCUT2D eigenvalue weighted by atomic mass is 9.95. The van der Waals surface area contributed by atoms with Crippen molar-refractivity contribution in [2.45, 2.75) is 0 Å². The Labute approximate surface area is 319 Å². The van der Waals surface area contributed by atoms with E-state index in [1.54, 1.807) is 0 Å². The topological polar surface area (TPSA) is 51.8 Å². The van der Waals surface area contributed by atoms with Crippen LogP contribution in [-0.2, 0) is 0 Å². The fraction of sp³-hybridized carbons (Fsp3) is 0. The molecule has 55 heavy (non-hydrogen) atoms. The number of aromatic nitrogens is 3. The van der Waals surface area contributed by atoms with E-state index in [9.17, 15) is 0 Å². The molecule has 0 aliphatic carbocycles. The Morgan fingerprint density at radius 3 is 1.40 bits per heavy atom. The number of furan rings is 1. The summed E-state index contributed by atoms with van der Waals surface area (Å²) in [6.07, 6.45) is 0. The minimum Gasteiger partial charge on any atom is -0.453 e. The molecule has 0 saturated carbocycles. The fourth-order valence-electron chi connectivity index (χ4n) is 7.40. The summed E-state index contributed by atoms with van der Waals surface area (Å²) in [6.45, 7) is 0. The third-order valence-electron chi connectivity index (χ3n) is 10.1. The molecular weight excluding hydrogens is 671 g/mol. The van der Waals surface area contributed by atoms with Crippen LogP contribution in [0.4, 0.5) is 0 Å². The molecule has 258 valence electrons. The molecule has 0 saturated heterocycles. The number of rotatable bonds is 7. The first-order valence-electron chi connectivity index (χ1n) is 18.4. The third kappa shape index (κ3) is 6.06. The van der Waals surface area contributed by atoms with Crippen LogP contribution in [0, 0.1) is 0 Å². The summed E-state index contributed by atoms with van der Waals surface area (Å²) < 4.78 is 6.90. The Bertz CT molecular complexity index is 2870. The van der Waals surface area contributed by atoms with Crippen LogP contribution in [0.15, 0.2) is 205 Å². The van der Waals surface area contributed by atoms with Gasteiger partial charge in [-0.1, -0.05) is 188 Å². The first-order chi connectivity index (χ1) is 27.3. The van der Waals surface area contributed by atoms with Crippen molar-refractivity contribution in [2.75, 3.05) is 0 Å². The average Bonchev–Trinajstić information content (AvgIpc) is 3.69. The van der Waals surface area contributed by atoms with Gasteiger partial charge in [0.05, 0.1) is 16.9 Å². The molecule has 0 radical (unpaired) electrons. The van der Waals surface area contributed by atoms with Crippen molar-refractivity contribution >= 4 is 21.9 Å². The van der Waals surface area contributed by atoms with Gasteiger partial charge in [0.15, 0.2) is 11.4 Å². The second-order valence-electron chi connectivity index (χ2n) is 13.6. The number of hydrogen-bond acceptors (Lipinski definition) is 4. The van der Waals surface area contributed by atoms with Crippen LogP contribution in [0.5, 0.6) is 0 Å². The van der Waals surface area contributed by atoms with Gasteiger partial charge >= 0.3 is 0 Å². The summed E-state index contributed by atoms with van der Waals surface area (Å²) in [4.78, 5) is 15.2. The van der Waals surface area contributed by atoms with Crippen LogP contribution in [0.2, 0.25) is 0 Å². The van der Waals surface area contributed by atoms with Crippen molar-refractivity contribution in [1.82, 2.24) is 15.0 Å². The van der Waals surface area contributed by atoms with E-state index in [4.69, 9.17) is 19.4 Å². The van der Waals surface area contributed by atoms with Crippen molar-refractivity contribution in [3.05, 3.63) is 200 Å². The largest absolute Gasteiger partial charge is 0.453 e. The molecule has 10 aromatic rings. The maximum atomic E-state index is 6.90. The Kier molecular flexibility index (Phi) is 8.12. The van der Waals surface area contributed by atoms with Crippen LogP contribution in [0.3, 0.4) is 0 Å². The van der Waals surface area contributed by atoms with E-state index in [-0.39, 0.29) is 0 Å². The second-order valence-corrected chi connectivity index (χ2v) is 13.6. The Morgan fingerprint density at radius 1 is 0.345 bits per heavy atom. The highest BCUT2D eigenvalue weighted by Gasteiger charge is 2.24. The van der Waals surface area contributed by atoms with Gasteiger partial charge in [-0.2, -0.15) is 0 Å². The minimum atomic E-state index is 0.705. The highest BCUT2D eigenvalue weighted by molar-refractivity contribution is 6.18. The molecule has 0 aliphatic rings. The highest BCUT2D eigenvalue weighted by atomic mass is 16.3. The van der Waals surface area contributed by atoms with Gasteiger partial charge < -0.3 is 4.42 Å². The molecule has 0 atom stereocenters. The predicted molar refractivity (Wildman–Crippen MR) is 225 cm³/mol. The number of benzene rings is 7. The maximum absolute atomic E-state index is 6.90. The monoisotopic (exact) mass is 703 g/mol. The van der Waals surface area contributed by atoms with Gasteiger partial charge in [0, 0.05) is 44.2 Å². The van der Waals surface area contributed by atoms with Gasteiger partial charge in [0.25, 0.3) is 0 Å². The third-order valence-corrected chi connectivity index (χ3v) is 10.1. The number of hydrogen-bond donors (Lipinski definition) is 0. The van der Waals surface area contributed by atoms with Crippen LogP contribution in [-0.4, -0.2) is 15.0 Å². The van der Waals surface area contributed by atoms with E-state index in [0.29, 0.717) is 5.82 Å². The fourth-order valence-corrected chi connectivity index (χ4v) is 7.40. The summed E-state index contributed by atoms with van der Waals surface area (Å²) in [7, 11) is 0. The SMILES string of the molecule is c1ccc(-c2cc(-c3ccc(-c4ccc(-c5nc6ccccc6c6c(-c7ccccc7)c(-c7ccccc7)oc56)cc4)cc3)nc(-c3ccccc3)n2)cc1. The molecule has 0 fully saturated rings. The predicted octanol–water partition coefficient (Wildman–Crippen LogP) is 13.4. The Balaban J connectivity index is 1.04. The molecule has 0 N–H and O–H groups in total. The Morgan fingerprint density at radius 2 is 0.800 bits per heavy atom.